The van der Waals surface area contributed by atoms with Crippen LogP contribution in [0.3, 0.4) is 0 Å². The fourth-order valence-electron chi connectivity index (χ4n) is 2.47. The number of hydrazone groups is 1. The Kier molecular flexibility index (Phi) is 8.81. The molecule has 0 saturated heterocycles. The molecule has 0 aliphatic rings. The van der Waals surface area contributed by atoms with Gasteiger partial charge in [-0.15, -0.1) is 0 Å². The van der Waals surface area contributed by atoms with E-state index in [1.54, 1.807) is 12.1 Å². The van der Waals surface area contributed by atoms with Gasteiger partial charge in [0.05, 0.1) is 24.3 Å². The van der Waals surface area contributed by atoms with Crippen LogP contribution in [-0.4, -0.2) is 27.8 Å². The van der Waals surface area contributed by atoms with Gasteiger partial charge in [0.25, 0.3) is 10.0 Å². The molecule has 0 fully saturated rings. The number of unbranched alkanes of at least 4 members (excludes halogenated alkanes) is 3. The van der Waals surface area contributed by atoms with Gasteiger partial charge in [-0.3, -0.25) is 0 Å². The predicted molar refractivity (Wildman–Crippen MR) is 112 cm³/mol. The van der Waals surface area contributed by atoms with Crippen LogP contribution in [-0.2, 0) is 10.0 Å². The third-order valence-corrected chi connectivity index (χ3v) is 5.22. The van der Waals surface area contributed by atoms with Gasteiger partial charge in [0, 0.05) is 0 Å². The minimum absolute atomic E-state index is 0.125. The van der Waals surface area contributed by atoms with E-state index in [0.29, 0.717) is 19.0 Å². The molecule has 0 heterocycles. The van der Waals surface area contributed by atoms with Gasteiger partial charge in [0.15, 0.2) is 0 Å². The van der Waals surface area contributed by atoms with Crippen LogP contribution in [0, 0.1) is 0 Å². The number of ether oxygens (including phenoxy) is 2. The minimum atomic E-state index is -3.72. The summed E-state index contributed by atoms with van der Waals surface area (Å²) < 4.78 is 35.5. The largest absolute Gasteiger partial charge is 0.494 e. The molecule has 0 bridgehead atoms. The maximum atomic E-state index is 12.3. The molecule has 2 rings (SSSR count). The van der Waals surface area contributed by atoms with Crippen molar-refractivity contribution < 1.29 is 17.9 Å². The molecule has 28 heavy (non-hydrogen) atoms. The second-order valence-electron chi connectivity index (χ2n) is 6.24. The van der Waals surface area contributed by atoms with Gasteiger partial charge in [-0.2, -0.15) is 13.5 Å². The molecule has 0 atom stereocenters. The van der Waals surface area contributed by atoms with Crippen molar-refractivity contribution in [2.45, 2.75) is 44.4 Å². The summed E-state index contributed by atoms with van der Waals surface area (Å²) in [7, 11) is -3.72. The Bertz CT molecular complexity index is 832. The van der Waals surface area contributed by atoms with Crippen LogP contribution < -0.4 is 14.3 Å². The molecule has 0 aromatic heterocycles. The van der Waals surface area contributed by atoms with Crippen molar-refractivity contribution >= 4 is 16.2 Å². The summed E-state index contributed by atoms with van der Waals surface area (Å²) in [6.07, 6.45) is 6.11. The van der Waals surface area contributed by atoms with E-state index in [9.17, 15) is 8.42 Å². The number of nitrogens with zero attached hydrogens (tertiary/aromatic N) is 1. The number of hydrogen-bond acceptors (Lipinski definition) is 5. The fourth-order valence-corrected chi connectivity index (χ4v) is 3.26. The average Bonchev–Trinajstić information content (AvgIpc) is 2.69. The van der Waals surface area contributed by atoms with Gasteiger partial charge in [0.2, 0.25) is 0 Å². The SMILES string of the molecule is CCCCCCOc1ccc(C=NNS(=O)(=O)c2ccc(OCC)cc2)cc1. The Labute approximate surface area is 167 Å². The first-order valence-electron chi connectivity index (χ1n) is 9.55. The summed E-state index contributed by atoms with van der Waals surface area (Å²) in [5.74, 6) is 1.42. The average molecular weight is 405 g/mol. The molecule has 2 aromatic carbocycles. The van der Waals surface area contributed by atoms with Crippen LogP contribution in [0.1, 0.15) is 45.1 Å². The summed E-state index contributed by atoms with van der Waals surface area (Å²) in [6.45, 7) is 5.28. The number of hydrogen-bond donors (Lipinski definition) is 1. The molecular formula is C21H28N2O4S. The van der Waals surface area contributed by atoms with Crippen molar-refractivity contribution in [1.29, 1.82) is 0 Å². The third-order valence-electron chi connectivity index (χ3n) is 3.98. The second kappa shape index (κ2) is 11.3. The monoisotopic (exact) mass is 404 g/mol. The van der Waals surface area contributed by atoms with Gasteiger partial charge >= 0.3 is 0 Å². The van der Waals surface area contributed by atoms with Gasteiger partial charge in [0.1, 0.15) is 11.5 Å². The molecule has 0 aliphatic carbocycles. The van der Waals surface area contributed by atoms with E-state index < -0.39 is 10.0 Å². The summed E-state index contributed by atoms with van der Waals surface area (Å²) in [6, 6.07) is 13.5. The molecule has 1 N–H and O–H groups in total. The van der Waals surface area contributed by atoms with Crippen LogP contribution in [0.15, 0.2) is 58.5 Å². The number of sulfonamides is 1. The van der Waals surface area contributed by atoms with Crippen molar-refractivity contribution in [3.05, 3.63) is 54.1 Å². The maximum Gasteiger partial charge on any atom is 0.276 e. The van der Waals surface area contributed by atoms with E-state index in [2.05, 4.69) is 16.9 Å². The van der Waals surface area contributed by atoms with Crippen molar-refractivity contribution in [2.24, 2.45) is 5.10 Å². The molecule has 0 unspecified atom stereocenters. The molecule has 0 amide bonds. The van der Waals surface area contributed by atoms with Gasteiger partial charge < -0.3 is 9.47 Å². The van der Waals surface area contributed by atoms with Crippen molar-refractivity contribution in [2.75, 3.05) is 13.2 Å². The van der Waals surface area contributed by atoms with Crippen LogP contribution >= 0.6 is 0 Å². The molecular weight excluding hydrogens is 376 g/mol. The van der Waals surface area contributed by atoms with Crippen LogP contribution in [0.25, 0.3) is 0 Å². The molecule has 0 saturated carbocycles. The first kappa shape index (κ1) is 21.8. The maximum absolute atomic E-state index is 12.3. The van der Waals surface area contributed by atoms with E-state index in [1.807, 2.05) is 31.2 Å². The lowest BCUT2D eigenvalue weighted by Crippen LogP contribution is -2.18. The lowest BCUT2D eigenvalue weighted by molar-refractivity contribution is 0.305. The first-order chi connectivity index (χ1) is 13.5. The summed E-state index contributed by atoms with van der Waals surface area (Å²) in [4.78, 5) is 2.34. The predicted octanol–water partition coefficient (Wildman–Crippen LogP) is 4.36. The van der Waals surface area contributed by atoms with Crippen molar-refractivity contribution in [1.82, 2.24) is 4.83 Å². The van der Waals surface area contributed by atoms with E-state index in [0.717, 1.165) is 17.7 Å². The van der Waals surface area contributed by atoms with Gasteiger partial charge in [-0.1, -0.05) is 26.2 Å². The summed E-state index contributed by atoms with van der Waals surface area (Å²) in [5.41, 5.74) is 0.771. The Morgan fingerprint density at radius 2 is 1.54 bits per heavy atom. The highest BCUT2D eigenvalue weighted by atomic mass is 32.2. The van der Waals surface area contributed by atoms with Crippen LogP contribution in [0.2, 0.25) is 0 Å². The van der Waals surface area contributed by atoms with E-state index in [4.69, 9.17) is 9.47 Å². The van der Waals surface area contributed by atoms with E-state index >= 15 is 0 Å². The smallest absolute Gasteiger partial charge is 0.276 e. The van der Waals surface area contributed by atoms with Crippen LogP contribution in [0.4, 0.5) is 0 Å². The lowest BCUT2D eigenvalue weighted by atomic mass is 10.2. The van der Waals surface area contributed by atoms with Crippen molar-refractivity contribution in [3.8, 4) is 11.5 Å². The van der Waals surface area contributed by atoms with Crippen molar-refractivity contribution in [3.63, 3.8) is 0 Å². The Hall–Kier alpha value is -2.54. The highest BCUT2D eigenvalue weighted by Crippen LogP contribution is 2.16. The lowest BCUT2D eigenvalue weighted by Gasteiger charge is -2.06. The zero-order valence-electron chi connectivity index (χ0n) is 16.4. The third kappa shape index (κ3) is 7.23. The molecule has 152 valence electrons. The number of rotatable bonds is 12. The normalized spacial score (nSPS) is 11.5. The van der Waals surface area contributed by atoms with E-state index in [-0.39, 0.29) is 4.90 Å². The fraction of sp³-hybridized carbons (Fsp3) is 0.381. The number of nitrogens with one attached hydrogen (secondary N) is 1. The summed E-state index contributed by atoms with van der Waals surface area (Å²) >= 11 is 0. The first-order valence-corrected chi connectivity index (χ1v) is 11.0. The zero-order chi connectivity index (χ0) is 20.2. The standard InChI is InChI=1S/C21H28N2O4S/c1-3-5-6-7-16-27-20-10-8-18(9-11-20)17-22-23-28(24,25)21-14-12-19(13-15-21)26-4-2/h8-15,17,23H,3-7,16H2,1-2H3. The Morgan fingerprint density at radius 3 is 2.18 bits per heavy atom. The topological polar surface area (TPSA) is 77.0 Å². The summed E-state index contributed by atoms with van der Waals surface area (Å²) in [5, 5.41) is 3.84. The molecule has 6 nitrogen and oxygen atoms in total. The molecule has 2 aromatic rings. The van der Waals surface area contributed by atoms with Crippen LogP contribution in [0.5, 0.6) is 11.5 Å². The number of benzene rings is 2. The molecule has 7 heteroatoms. The zero-order valence-corrected chi connectivity index (χ0v) is 17.2. The molecule has 0 aliphatic heterocycles. The minimum Gasteiger partial charge on any atom is -0.494 e. The highest BCUT2D eigenvalue weighted by Gasteiger charge is 2.12. The van der Waals surface area contributed by atoms with Gasteiger partial charge in [-0.05, 0) is 67.4 Å². The Balaban J connectivity index is 1.85. The molecule has 0 spiro atoms. The molecule has 0 radical (unpaired) electrons. The van der Waals surface area contributed by atoms with Gasteiger partial charge in [-0.25, -0.2) is 4.83 Å². The highest BCUT2D eigenvalue weighted by molar-refractivity contribution is 7.89. The second-order valence-corrected chi connectivity index (χ2v) is 7.90. The quantitative estimate of drug-likeness (QED) is 0.324. The Morgan fingerprint density at radius 1 is 0.893 bits per heavy atom. The van der Waals surface area contributed by atoms with E-state index in [1.165, 1.54) is 37.6 Å².